The molecule has 0 aliphatic heterocycles. The third-order valence-electron chi connectivity index (χ3n) is 17.4. The summed E-state index contributed by atoms with van der Waals surface area (Å²) in [5.41, 5.74) is 0. The highest BCUT2D eigenvalue weighted by Crippen LogP contribution is 2.38. The number of allylic oxidation sites excluding steroid dienone is 4. The highest BCUT2D eigenvalue weighted by Gasteiger charge is 2.22. The lowest BCUT2D eigenvalue weighted by atomic mass is 10.1. The molecule has 5 N–H and O–H groups in total. The van der Waals surface area contributed by atoms with E-state index in [9.17, 15) is 23.8 Å². The number of unbranched alkanes of at least 4 members (excludes halogenated alkanes) is 22. The van der Waals surface area contributed by atoms with Crippen molar-refractivity contribution in [3.8, 4) is 0 Å². The van der Waals surface area contributed by atoms with E-state index in [0.717, 1.165) is 77.0 Å². The van der Waals surface area contributed by atoms with Crippen LogP contribution in [0.4, 0.5) is 4.79 Å². The Morgan fingerprint density at radius 3 is 0.770 bits per heavy atom. The van der Waals surface area contributed by atoms with Crippen LogP contribution in [-0.4, -0.2) is 348 Å². The van der Waals surface area contributed by atoms with E-state index in [0.29, 0.717) is 284 Å². The summed E-state index contributed by atoms with van der Waals surface area (Å²) in [5, 5.41) is 2.40. The van der Waals surface area contributed by atoms with E-state index in [2.05, 4.69) is 43.5 Å². The molecule has 0 saturated carbocycles. The van der Waals surface area contributed by atoms with Crippen LogP contribution in [0.1, 0.15) is 194 Å². The number of hydrogen-bond donors (Lipinski definition) is 2. The lowest BCUT2D eigenvalue weighted by molar-refractivity contribution is -0.228. The first-order valence-corrected chi connectivity index (χ1v) is 47.0. The molecule has 0 bridgehead atoms. The van der Waals surface area contributed by atoms with Gasteiger partial charge in [-0.15, -0.1) is 0 Å². The van der Waals surface area contributed by atoms with Crippen LogP contribution in [0, 0.1) is 0 Å². The molecule has 726 valence electrons. The first-order valence-electron chi connectivity index (χ1n) is 45.5. The molecular weight excluding hydrogens is 1620 g/mol. The molecule has 0 aliphatic carbocycles. The van der Waals surface area contributed by atoms with E-state index in [1.54, 1.807) is 7.11 Å². The monoisotopic (exact) mass is 1790 g/mol. The number of phosphoric ester groups is 1. The fraction of sp³-hybridized carbons (Fsp3) is 0.920. The first-order chi connectivity index (χ1) is 59.7. The van der Waals surface area contributed by atoms with Crippen LogP contribution in [0.5, 0.6) is 0 Å². The molecule has 0 aromatic heterocycles. The van der Waals surface area contributed by atoms with Gasteiger partial charge in [0.1, 0.15) is 13.2 Å². The van der Waals surface area contributed by atoms with Crippen LogP contribution >= 0.6 is 7.82 Å². The van der Waals surface area contributed by atoms with Crippen molar-refractivity contribution >= 4 is 25.9 Å². The van der Waals surface area contributed by atoms with Gasteiger partial charge in [0.15, 0.2) is 6.10 Å². The van der Waals surface area contributed by atoms with Gasteiger partial charge in [-0.25, -0.2) is 4.79 Å². The second-order valence-corrected chi connectivity index (χ2v) is 29.4. The summed E-state index contributed by atoms with van der Waals surface area (Å²) in [4.78, 5) is 50.5. The van der Waals surface area contributed by atoms with Crippen LogP contribution in [-0.2, 0) is 142 Å². The quantitative estimate of drug-likeness (QED) is 0.0188. The second kappa shape index (κ2) is 107. The molecule has 0 spiro atoms. The van der Waals surface area contributed by atoms with E-state index in [1.807, 2.05) is 0 Å². The van der Waals surface area contributed by atoms with Crippen LogP contribution in [0.2, 0.25) is 0 Å². The van der Waals surface area contributed by atoms with Crippen molar-refractivity contribution < 1.29 is 151 Å². The van der Waals surface area contributed by atoms with Crippen molar-refractivity contribution in [1.82, 2.24) is 11.5 Å². The van der Waals surface area contributed by atoms with Gasteiger partial charge in [-0.3, -0.25) is 14.2 Å². The van der Waals surface area contributed by atoms with Gasteiger partial charge in [0.2, 0.25) is 0 Å². The molecule has 122 heavy (non-hydrogen) atoms. The largest absolute Gasteiger partial charge is 0.756 e. The molecule has 34 nitrogen and oxygen atoms in total. The zero-order chi connectivity index (χ0) is 87.2. The van der Waals surface area contributed by atoms with Crippen molar-refractivity contribution in [2.24, 2.45) is 0 Å². The fourth-order valence-electron chi connectivity index (χ4n) is 10.7. The Morgan fingerprint density at radius 1 is 0.279 bits per heavy atom. The van der Waals surface area contributed by atoms with Gasteiger partial charge in [-0.05, 0) is 64.2 Å². The van der Waals surface area contributed by atoms with Crippen LogP contribution < -0.4 is 16.4 Å². The summed E-state index contributed by atoms with van der Waals surface area (Å²) in [7, 11) is -3.28. The van der Waals surface area contributed by atoms with Crippen molar-refractivity contribution in [3.05, 3.63) is 24.3 Å². The van der Waals surface area contributed by atoms with Crippen molar-refractivity contribution in [1.29, 1.82) is 0 Å². The molecule has 0 rings (SSSR count). The summed E-state index contributed by atoms with van der Waals surface area (Å²) in [6.45, 7) is 22.3. The number of nitrogens with one attached hydrogen (secondary N) is 1. The predicted octanol–water partition coefficient (Wildman–Crippen LogP) is 12.1. The van der Waals surface area contributed by atoms with Gasteiger partial charge in [0.05, 0.1) is 297 Å². The minimum atomic E-state index is -4.92. The van der Waals surface area contributed by atoms with Crippen molar-refractivity contribution in [2.75, 3.05) is 324 Å². The average molecular weight is 1790 g/mol. The summed E-state index contributed by atoms with van der Waals surface area (Å²) in [6, 6.07) is 0. The molecule has 0 aliphatic rings. The van der Waals surface area contributed by atoms with Gasteiger partial charge < -0.3 is 144 Å². The number of alkyl carbamates (subject to hydrolysis) is 1. The van der Waals surface area contributed by atoms with Crippen LogP contribution in [0.25, 0.3) is 0 Å². The third kappa shape index (κ3) is 106. The number of hydrogen-bond acceptors (Lipinski definition) is 32. The smallest absolute Gasteiger partial charge is 0.407 e. The summed E-state index contributed by atoms with van der Waals surface area (Å²) in [5.74, 6) is -1.00. The molecule has 0 aromatic rings. The van der Waals surface area contributed by atoms with Crippen LogP contribution in [0.15, 0.2) is 24.3 Å². The number of amides is 1. The van der Waals surface area contributed by atoms with E-state index >= 15 is 0 Å². The number of ether oxygens (including phenoxy) is 25. The Hall–Kier alpha value is -3.12. The van der Waals surface area contributed by atoms with E-state index in [4.69, 9.17) is 127 Å². The highest BCUT2D eigenvalue weighted by molar-refractivity contribution is 7.45. The molecule has 2 atom stereocenters. The molecule has 0 saturated heterocycles. The standard InChI is InChI=1S/C87H168NO32P.H3N/c1-4-6-8-10-12-14-16-18-20-22-24-26-28-30-32-34-85(89)117-82-84(120-86(90)35-33-31-29-27-25-23-21-19-17-15-13-11-9-7-5-2)83-119-121(92,93)118-37-36-88-87(91)116-81-80-115-79-78-114-77-76-113-75-74-112-73-72-111-71-70-110-69-68-109-67-66-108-65-64-107-63-62-106-61-60-105-59-58-104-57-56-103-55-54-102-53-52-101-51-50-100-49-48-99-47-46-98-45-44-97-43-42-96-41-40-95-39-38-94-3;/h18-21,84H,4-17,22-83H2,1-3H3,(H,88,91)(H,92,93);1H3/b20-18-,21-19-;/t84-;/m1./s1. The SMILES string of the molecule is CCCCCCCC/C=C\CCCCCCCC(=O)OC[C@H](COP(=O)([O-])OCCNC(=O)OCCOCCOCCOCCOCCOCCOCCOCCOCCOCCOCCOCCOCCOCCOCCOCCOCCOCCOCCOCCOCCOCCOC)OC(=O)CCCCCCC/C=C\CCCCCCCC.[NH4+]. The maximum absolute atomic E-state index is 12.9. The zero-order valence-corrected chi connectivity index (χ0v) is 77.0. The number of carbonyl (C=O) groups excluding carboxylic acids is 3. The predicted molar refractivity (Wildman–Crippen MR) is 464 cm³/mol. The lowest BCUT2D eigenvalue weighted by Gasteiger charge is -2.25. The Morgan fingerprint density at radius 2 is 0.508 bits per heavy atom. The minimum Gasteiger partial charge on any atom is -0.756 e. The van der Waals surface area contributed by atoms with Crippen molar-refractivity contribution in [3.63, 3.8) is 0 Å². The first kappa shape index (κ1) is 121. The maximum atomic E-state index is 12.9. The maximum Gasteiger partial charge on any atom is 0.407 e. The Balaban J connectivity index is 0. The zero-order valence-electron chi connectivity index (χ0n) is 76.1. The Bertz CT molecular complexity index is 2180. The summed E-state index contributed by atoms with van der Waals surface area (Å²) in [6.07, 6.45) is 36.9. The number of rotatable bonds is 106. The minimum absolute atomic E-state index is 0. The topological polar surface area (TPSA) is 389 Å². The number of quaternary nitrogens is 1. The summed E-state index contributed by atoms with van der Waals surface area (Å²) >= 11 is 0. The summed E-state index contributed by atoms with van der Waals surface area (Å²) < 4.78 is 159. The lowest BCUT2D eigenvalue weighted by Crippen LogP contribution is -2.31. The van der Waals surface area contributed by atoms with Crippen molar-refractivity contribution in [2.45, 2.75) is 200 Å². The molecule has 1 amide bonds. The Kier molecular flexibility index (Phi) is 106. The molecule has 0 fully saturated rings. The van der Waals surface area contributed by atoms with E-state index in [-0.39, 0.29) is 52.0 Å². The second-order valence-electron chi connectivity index (χ2n) is 28.0. The molecule has 0 heterocycles. The van der Waals surface area contributed by atoms with Gasteiger partial charge in [-0.1, -0.05) is 141 Å². The molecular formula is C87H171N2O32P. The van der Waals surface area contributed by atoms with E-state index < -0.39 is 45.2 Å². The number of phosphoric acid groups is 1. The average Bonchev–Trinajstić information content (AvgIpc) is 0.906. The van der Waals surface area contributed by atoms with Gasteiger partial charge in [-0.2, -0.15) is 0 Å². The molecule has 0 aromatic carbocycles. The Labute approximate surface area is 733 Å². The normalized spacial score (nSPS) is 12.5. The van der Waals surface area contributed by atoms with Crippen LogP contribution in [0.3, 0.4) is 0 Å². The third-order valence-corrected chi connectivity index (χ3v) is 18.3. The van der Waals surface area contributed by atoms with Gasteiger partial charge in [0, 0.05) is 26.5 Å². The van der Waals surface area contributed by atoms with Gasteiger partial charge >= 0.3 is 18.0 Å². The van der Waals surface area contributed by atoms with E-state index in [1.165, 1.54) is 77.0 Å². The number of carbonyl (C=O) groups is 3. The van der Waals surface area contributed by atoms with Gasteiger partial charge in [0.25, 0.3) is 7.82 Å². The molecule has 0 radical (unpaired) electrons. The fourth-order valence-corrected chi connectivity index (χ4v) is 11.4. The highest BCUT2D eigenvalue weighted by atomic mass is 31.2. The number of methoxy groups -OCH3 is 1. The molecule has 35 heteroatoms. The molecule has 1 unspecified atom stereocenters. The number of esters is 2.